The zero-order chi connectivity index (χ0) is 14.7. The SMILES string of the molecule is NC(=S)c1ccccc1CN1CCCOc2ccccc21. The van der Waals surface area contributed by atoms with Crippen LogP contribution in [0.2, 0.25) is 0 Å². The van der Waals surface area contributed by atoms with Gasteiger partial charge in [0.1, 0.15) is 10.7 Å². The van der Waals surface area contributed by atoms with Gasteiger partial charge in [0.25, 0.3) is 0 Å². The molecule has 0 aliphatic carbocycles. The van der Waals surface area contributed by atoms with Crippen molar-refractivity contribution in [2.24, 2.45) is 5.73 Å². The summed E-state index contributed by atoms with van der Waals surface area (Å²) in [5.74, 6) is 0.947. The number of rotatable bonds is 3. The first-order chi connectivity index (χ1) is 10.3. The monoisotopic (exact) mass is 298 g/mol. The summed E-state index contributed by atoms with van der Waals surface area (Å²) in [4.78, 5) is 2.78. The van der Waals surface area contributed by atoms with E-state index in [4.69, 9.17) is 22.7 Å². The standard InChI is InChI=1S/C17H18N2OS/c18-17(21)14-7-2-1-6-13(14)12-19-10-5-11-20-16-9-4-3-8-15(16)19/h1-4,6-9H,5,10-12H2,(H2,18,21). The fraction of sp³-hybridized carbons (Fsp3) is 0.235. The second-order valence-corrected chi connectivity index (χ2v) is 5.55. The lowest BCUT2D eigenvalue weighted by atomic mass is 10.1. The van der Waals surface area contributed by atoms with Crippen molar-refractivity contribution in [2.45, 2.75) is 13.0 Å². The molecule has 4 heteroatoms. The molecule has 0 unspecified atom stereocenters. The Morgan fingerprint density at radius 1 is 1.14 bits per heavy atom. The second kappa shape index (κ2) is 6.14. The van der Waals surface area contributed by atoms with E-state index in [1.54, 1.807) is 0 Å². The molecular formula is C17H18N2OS. The van der Waals surface area contributed by atoms with Crippen LogP contribution in [0, 0.1) is 0 Å². The van der Waals surface area contributed by atoms with Gasteiger partial charge < -0.3 is 15.4 Å². The first-order valence-corrected chi connectivity index (χ1v) is 7.51. The Kier molecular flexibility index (Phi) is 4.06. The minimum Gasteiger partial charge on any atom is -0.491 e. The molecule has 2 N–H and O–H groups in total. The number of fused-ring (bicyclic) bond motifs is 1. The molecule has 3 rings (SSSR count). The number of nitrogens with zero attached hydrogens (tertiary/aromatic N) is 1. The predicted octanol–water partition coefficient (Wildman–Crippen LogP) is 3.11. The summed E-state index contributed by atoms with van der Waals surface area (Å²) in [5, 5.41) is 0. The van der Waals surface area contributed by atoms with Gasteiger partial charge in [0.05, 0.1) is 12.3 Å². The Labute approximate surface area is 130 Å². The van der Waals surface area contributed by atoms with Gasteiger partial charge in [0, 0.05) is 18.7 Å². The van der Waals surface area contributed by atoms with Gasteiger partial charge in [-0.2, -0.15) is 0 Å². The highest BCUT2D eigenvalue weighted by molar-refractivity contribution is 7.80. The third kappa shape index (κ3) is 3.00. The minimum absolute atomic E-state index is 0.449. The molecule has 3 nitrogen and oxygen atoms in total. The van der Waals surface area contributed by atoms with Crippen LogP contribution in [0.5, 0.6) is 5.75 Å². The average molecular weight is 298 g/mol. The average Bonchev–Trinajstić information content (AvgIpc) is 2.70. The molecule has 0 atom stereocenters. The number of ether oxygens (including phenoxy) is 1. The van der Waals surface area contributed by atoms with Crippen molar-refractivity contribution in [3.63, 3.8) is 0 Å². The topological polar surface area (TPSA) is 38.5 Å². The predicted molar refractivity (Wildman–Crippen MR) is 89.9 cm³/mol. The van der Waals surface area contributed by atoms with Crippen LogP contribution in [0.1, 0.15) is 17.5 Å². The zero-order valence-electron chi connectivity index (χ0n) is 11.8. The van der Waals surface area contributed by atoms with Crippen LogP contribution in [0.3, 0.4) is 0 Å². The highest BCUT2D eigenvalue weighted by Gasteiger charge is 2.17. The molecule has 1 aliphatic rings. The first-order valence-electron chi connectivity index (χ1n) is 7.10. The Bertz CT molecular complexity index is 657. The normalized spacial score (nSPS) is 14.0. The van der Waals surface area contributed by atoms with Gasteiger partial charge >= 0.3 is 0 Å². The summed E-state index contributed by atoms with van der Waals surface area (Å²) in [5.41, 5.74) is 9.07. The summed E-state index contributed by atoms with van der Waals surface area (Å²) in [7, 11) is 0. The van der Waals surface area contributed by atoms with E-state index in [0.717, 1.165) is 48.7 Å². The van der Waals surface area contributed by atoms with Crippen LogP contribution in [0.4, 0.5) is 5.69 Å². The van der Waals surface area contributed by atoms with E-state index in [1.807, 2.05) is 36.4 Å². The molecule has 1 heterocycles. The second-order valence-electron chi connectivity index (χ2n) is 5.11. The van der Waals surface area contributed by atoms with Gasteiger partial charge in [0.15, 0.2) is 0 Å². The van der Waals surface area contributed by atoms with Crippen LogP contribution in [0.15, 0.2) is 48.5 Å². The van der Waals surface area contributed by atoms with E-state index in [1.165, 1.54) is 0 Å². The Hall–Kier alpha value is -2.07. The van der Waals surface area contributed by atoms with Crippen molar-refractivity contribution in [2.75, 3.05) is 18.1 Å². The number of hydrogen-bond donors (Lipinski definition) is 1. The summed E-state index contributed by atoms with van der Waals surface area (Å²) < 4.78 is 5.80. The molecule has 2 aromatic rings. The van der Waals surface area contributed by atoms with E-state index < -0.39 is 0 Å². The van der Waals surface area contributed by atoms with Crippen molar-refractivity contribution in [3.8, 4) is 5.75 Å². The van der Waals surface area contributed by atoms with Gasteiger partial charge in [-0.1, -0.05) is 48.6 Å². The largest absolute Gasteiger partial charge is 0.491 e. The molecule has 0 radical (unpaired) electrons. The van der Waals surface area contributed by atoms with Crippen LogP contribution >= 0.6 is 12.2 Å². The zero-order valence-corrected chi connectivity index (χ0v) is 12.6. The van der Waals surface area contributed by atoms with Crippen molar-refractivity contribution < 1.29 is 4.74 Å². The van der Waals surface area contributed by atoms with Gasteiger partial charge in [0.2, 0.25) is 0 Å². The maximum atomic E-state index is 5.83. The highest BCUT2D eigenvalue weighted by atomic mass is 32.1. The number of nitrogens with two attached hydrogens (primary N) is 1. The van der Waals surface area contributed by atoms with E-state index in [-0.39, 0.29) is 0 Å². The molecule has 0 spiro atoms. The van der Waals surface area contributed by atoms with Crippen molar-refractivity contribution in [3.05, 3.63) is 59.7 Å². The molecule has 0 fully saturated rings. The maximum Gasteiger partial charge on any atom is 0.142 e. The Morgan fingerprint density at radius 3 is 2.76 bits per heavy atom. The summed E-state index contributed by atoms with van der Waals surface area (Å²) >= 11 is 5.16. The minimum atomic E-state index is 0.449. The van der Waals surface area contributed by atoms with Gasteiger partial charge in [-0.05, 0) is 24.1 Å². The van der Waals surface area contributed by atoms with E-state index in [2.05, 4.69) is 17.0 Å². The molecule has 108 valence electrons. The first kappa shape index (κ1) is 13.9. The molecular weight excluding hydrogens is 280 g/mol. The molecule has 21 heavy (non-hydrogen) atoms. The third-order valence-electron chi connectivity index (χ3n) is 3.68. The van der Waals surface area contributed by atoms with Crippen LogP contribution < -0.4 is 15.4 Å². The molecule has 0 saturated carbocycles. The van der Waals surface area contributed by atoms with Crippen LogP contribution in [-0.4, -0.2) is 18.1 Å². The fourth-order valence-corrected chi connectivity index (χ4v) is 2.87. The van der Waals surface area contributed by atoms with Crippen molar-refractivity contribution in [1.29, 1.82) is 0 Å². The van der Waals surface area contributed by atoms with Crippen LogP contribution in [-0.2, 0) is 6.54 Å². The van der Waals surface area contributed by atoms with E-state index >= 15 is 0 Å². The number of hydrogen-bond acceptors (Lipinski definition) is 3. The number of anilines is 1. The lowest BCUT2D eigenvalue weighted by molar-refractivity contribution is 0.322. The summed E-state index contributed by atoms with van der Waals surface area (Å²) in [6.07, 6.45) is 1.00. The van der Waals surface area contributed by atoms with Gasteiger partial charge in [-0.15, -0.1) is 0 Å². The number of benzene rings is 2. The third-order valence-corrected chi connectivity index (χ3v) is 3.90. The molecule has 1 aliphatic heterocycles. The molecule has 0 saturated heterocycles. The number of thiocarbonyl (C=S) groups is 1. The van der Waals surface area contributed by atoms with E-state index in [0.29, 0.717) is 4.99 Å². The smallest absolute Gasteiger partial charge is 0.142 e. The Morgan fingerprint density at radius 2 is 1.90 bits per heavy atom. The molecule has 0 aromatic heterocycles. The quantitative estimate of drug-likeness (QED) is 0.884. The van der Waals surface area contributed by atoms with Gasteiger partial charge in [-0.3, -0.25) is 0 Å². The van der Waals surface area contributed by atoms with Crippen molar-refractivity contribution in [1.82, 2.24) is 0 Å². The van der Waals surface area contributed by atoms with Crippen LogP contribution in [0.25, 0.3) is 0 Å². The van der Waals surface area contributed by atoms with Gasteiger partial charge in [-0.25, -0.2) is 0 Å². The molecule has 0 bridgehead atoms. The van der Waals surface area contributed by atoms with E-state index in [9.17, 15) is 0 Å². The molecule has 0 amide bonds. The highest BCUT2D eigenvalue weighted by Crippen LogP contribution is 2.31. The number of para-hydroxylation sites is 2. The lowest BCUT2D eigenvalue weighted by Crippen LogP contribution is -2.25. The summed E-state index contributed by atoms with van der Waals surface area (Å²) in [6.45, 7) is 2.50. The maximum absolute atomic E-state index is 5.83. The Balaban J connectivity index is 1.93. The fourth-order valence-electron chi connectivity index (χ4n) is 2.67. The lowest BCUT2D eigenvalue weighted by Gasteiger charge is -2.25. The van der Waals surface area contributed by atoms with Crippen molar-refractivity contribution >= 4 is 22.9 Å². The summed E-state index contributed by atoms with van der Waals surface area (Å²) in [6, 6.07) is 16.2. The molecule has 2 aromatic carbocycles.